The number of hydrogen-bond acceptors (Lipinski definition) is 4. The van der Waals surface area contributed by atoms with Crippen LogP contribution in [0.2, 0.25) is 0 Å². The molecule has 2 amide bonds. The lowest BCUT2D eigenvalue weighted by molar-refractivity contribution is -0.118. The number of carbonyl (C=O) groups is 2. The van der Waals surface area contributed by atoms with Crippen LogP contribution in [-0.2, 0) is 14.6 Å². The van der Waals surface area contributed by atoms with Crippen molar-refractivity contribution in [1.82, 2.24) is 10.2 Å². The maximum atomic E-state index is 12.2. The molecule has 21 heavy (non-hydrogen) atoms. The van der Waals surface area contributed by atoms with E-state index < -0.39 is 21.9 Å². The van der Waals surface area contributed by atoms with Crippen molar-refractivity contribution in [3.05, 3.63) is 35.9 Å². The maximum Gasteiger partial charge on any atom is 0.318 e. The molecule has 1 aliphatic rings. The second-order valence-corrected chi connectivity index (χ2v) is 7.35. The first-order valence-corrected chi connectivity index (χ1v) is 8.52. The van der Waals surface area contributed by atoms with E-state index in [0.717, 1.165) is 0 Å². The molecule has 0 spiro atoms. The van der Waals surface area contributed by atoms with Gasteiger partial charge < -0.3 is 10.2 Å². The fourth-order valence-corrected chi connectivity index (χ4v) is 3.40. The fraction of sp³-hybridized carbons (Fsp3) is 0.429. The lowest BCUT2D eigenvalue weighted by Crippen LogP contribution is -2.49. The molecule has 0 saturated carbocycles. The summed E-state index contributed by atoms with van der Waals surface area (Å²) in [7, 11) is -3.03. The topological polar surface area (TPSA) is 83.6 Å². The van der Waals surface area contributed by atoms with Gasteiger partial charge in [0.05, 0.1) is 11.5 Å². The highest BCUT2D eigenvalue weighted by Crippen LogP contribution is 2.14. The number of sulfone groups is 1. The zero-order valence-electron chi connectivity index (χ0n) is 11.8. The van der Waals surface area contributed by atoms with E-state index in [4.69, 9.17) is 0 Å². The van der Waals surface area contributed by atoms with Gasteiger partial charge in [0.2, 0.25) is 0 Å². The van der Waals surface area contributed by atoms with Crippen molar-refractivity contribution in [1.29, 1.82) is 0 Å². The van der Waals surface area contributed by atoms with Crippen LogP contribution < -0.4 is 5.32 Å². The fourth-order valence-electron chi connectivity index (χ4n) is 2.20. The van der Waals surface area contributed by atoms with Crippen molar-refractivity contribution in [3.63, 3.8) is 0 Å². The van der Waals surface area contributed by atoms with Gasteiger partial charge in [-0.2, -0.15) is 0 Å². The van der Waals surface area contributed by atoms with Gasteiger partial charge in [-0.05, 0) is 12.5 Å². The van der Waals surface area contributed by atoms with Gasteiger partial charge in [-0.25, -0.2) is 13.2 Å². The number of benzene rings is 1. The summed E-state index contributed by atoms with van der Waals surface area (Å²) in [5, 5.41) is 2.67. The quantitative estimate of drug-likeness (QED) is 0.893. The Labute approximate surface area is 124 Å². The lowest BCUT2D eigenvalue weighted by Gasteiger charge is -2.28. The summed E-state index contributed by atoms with van der Waals surface area (Å²) in [6, 6.07) is 7.85. The third-order valence-corrected chi connectivity index (χ3v) is 5.05. The molecule has 1 heterocycles. The van der Waals surface area contributed by atoms with E-state index in [2.05, 4.69) is 5.32 Å². The molecule has 1 saturated heterocycles. The Morgan fingerprint density at radius 1 is 1.14 bits per heavy atom. The van der Waals surface area contributed by atoms with Gasteiger partial charge in [-0.3, -0.25) is 4.79 Å². The summed E-state index contributed by atoms with van der Waals surface area (Å²) in [6.07, 6.45) is 0. The van der Waals surface area contributed by atoms with Gasteiger partial charge in [0.1, 0.15) is 6.04 Å². The van der Waals surface area contributed by atoms with Crippen LogP contribution in [0, 0.1) is 0 Å². The summed E-state index contributed by atoms with van der Waals surface area (Å²) in [6.45, 7) is 1.74. The number of amides is 2. The van der Waals surface area contributed by atoms with Gasteiger partial charge in [-0.15, -0.1) is 0 Å². The third-order valence-electron chi connectivity index (χ3n) is 3.44. The van der Waals surface area contributed by atoms with E-state index in [-0.39, 0.29) is 30.4 Å². The molecule has 0 aromatic heterocycles. The van der Waals surface area contributed by atoms with Crippen LogP contribution in [0.1, 0.15) is 18.5 Å². The Kier molecular flexibility index (Phi) is 4.62. The highest BCUT2D eigenvalue weighted by molar-refractivity contribution is 7.91. The van der Waals surface area contributed by atoms with E-state index in [1.165, 1.54) is 11.8 Å². The number of carbonyl (C=O) groups excluding carboxylic acids is 2. The molecular weight excluding hydrogens is 292 g/mol. The van der Waals surface area contributed by atoms with E-state index in [1.807, 2.05) is 6.07 Å². The van der Waals surface area contributed by atoms with Crippen molar-refractivity contribution < 1.29 is 18.0 Å². The molecule has 6 nitrogen and oxygen atoms in total. The predicted octanol–water partition coefficient (Wildman–Crippen LogP) is 0.757. The molecular formula is C14H18N2O4S. The minimum atomic E-state index is -3.03. The van der Waals surface area contributed by atoms with Crippen LogP contribution in [0.25, 0.3) is 0 Å². The number of rotatable bonds is 3. The number of Topliss-reactive ketones (excluding diaryl/α,β-unsaturated/α-hetero) is 1. The summed E-state index contributed by atoms with van der Waals surface area (Å²) in [5.41, 5.74) is 0.711. The Bertz CT molecular complexity index is 614. The van der Waals surface area contributed by atoms with Crippen LogP contribution in [0.5, 0.6) is 0 Å². The highest BCUT2D eigenvalue weighted by atomic mass is 32.2. The molecule has 1 atom stereocenters. The van der Waals surface area contributed by atoms with Crippen LogP contribution in [0.4, 0.5) is 4.79 Å². The first-order valence-electron chi connectivity index (χ1n) is 6.70. The molecule has 0 radical (unpaired) electrons. The van der Waals surface area contributed by atoms with Crippen LogP contribution in [0.15, 0.2) is 30.3 Å². The SMILES string of the molecule is CC(=O)[C@H](NC(=O)N1CCS(=O)(=O)CC1)c1ccccc1. The first kappa shape index (κ1) is 15.5. The zero-order valence-corrected chi connectivity index (χ0v) is 12.6. The van der Waals surface area contributed by atoms with E-state index in [1.54, 1.807) is 24.3 Å². The van der Waals surface area contributed by atoms with E-state index >= 15 is 0 Å². The minimum absolute atomic E-state index is 0.0313. The predicted molar refractivity (Wildman–Crippen MR) is 78.6 cm³/mol. The lowest BCUT2D eigenvalue weighted by atomic mass is 10.0. The molecule has 0 bridgehead atoms. The third kappa shape index (κ3) is 4.04. The van der Waals surface area contributed by atoms with Gasteiger partial charge in [0.15, 0.2) is 15.6 Å². The molecule has 1 aromatic carbocycles. The number of hydrogen-bond donors (Lipinski definition) is 1. The van der Waals surface area contributed by atoms with Crippen molar-refractivity contribution >= 4 is 21.7 Å². The zero-order chi connectivity index (χ0) is 15.5. The monoisotopic (exact) mass is 310 g/mol. The van der Waals surface area contributed by atoms with Gasteiger partial charge in [0.25, 0.3) is 0 Å². The van der Waals surface area contributed by atoms with Crippen molar-refractivity contribution in [2.75, 3.05) is 24.6 Å². The molecule has 1 N–H and O–H groups in total. The summed E-state index contributed by atoms with van der Waals surface area (Å²) in [5.74, 6) is -0.230. The van der Waals surface area contributed by atoms with Gasteiger partial charge >= 0.3 is 6.03 Å². The van der Waals surface area contributed by atoms with Crippen LogP contribution in [0.3, 0.4) is 0 Å². The second-order valence-electron chi connectivity index (χ2n) is 5.04. The number of ketones is 1. The summed E-state index contributed by atoms with van der Waals surface area (Å²) < 4.78 is 22.7. The van der Waals surface area contributed by atoms with Gasteiger partial charge in [-0.1, -0.05) is 30.3 Å². The average Bonchev–Trinajstić information content (AvgIpc) is 2.45. The smallest absolute Gasteiger partial charge is 0.318 e. The molecule has 2 rings (SSSR count). The van der Waals surface area contributed by atoms with Gasteiger partial charge in [0, 0.05) is 13.1 Å². The molecule has 0 aliphatic carbocycles. The molecule has 1 aliphatic heterocycles. The van der Waals surface area contributed by atoms with Crippen LogP contribution in [-0.4, -0.2) is 49.7 Å². The van der Waals surface area contributed by atoms with Crippen molar-refractivity contribution in [2.24, 2.45) is 0 Å². The second kappa shape index (κ2) is 6.26. The van der Waals surface area contributed by atoms with Crippen LogP contribution >= 0.6 is 0 Å². The van der Waals surface area contributed by atoms with E-state index in [9.17, 15) is 18.0 Å². The van der Waals surface area contributed by atoms with Crippen molar-refractivity contribution in [2.45, 2.75) is 13.0 Å². The molecule has 0 unspecified atom stereocenters. The molecule has 7 heteroatoms. The molecule has 1 aromatic rings. The Hall–Kier alpha value is -1.89. The van der Waals surface area contributed by atoms with E-state index in [0.29, 0.717) is 5.56 Å². The van der Waals surface area contributed by atoms with Crippen molar-refractivity contribution in [3.8, 4) is 0 Å². The number of urea groups is 1. The molecule has 114 valence electrons. The maximum absolute atomic E-state index is 12.2. The summed E-state index contributed by atoms with van der Waals surface area (Å²) in [4.78, 5) is 25.3. The average molecular weight is 310 g/mol. The number of nitrogens with zero attached hydrogens (tertiary/aromatic N) is 1. The molecule has 1 fully saturated rings. The first-order chi connectivity index (χ1) is 9.89. The minimum Gasteiger partial charge on any atom is -0.324 e. The Morgan fingerprint density at radius 3 is 2.24 bits per heavy atom. The number of nitrogens with one attached hydrogen (secondary N) is 1. The Balaban J connectivity index is 2.05. The summed E-state index contributed by atoms with van der Waals surface area (Å²) >= 11 is 0. The normalized spacial score (nSPS) is 18.8. The standard InChI is InChI=1S/C14H18N2O4S/c1-11(17)13(12-5-3-2-4-6-12)15-14(18)16-7-9-21(19,20)10-8-16/h2-6,13H,7-10H2,1H3,(H,15,18)/t13-/m0/s1. The highest BCUT2D eigenvalue weighted by Gasteiger charge is 2.27. The Morgan fingerprint density at radius 2 is 1.71 bits per heavy atom. The largest absolute Gasteiger partial charge is 0.324 e.